The van der Waals surface area contributed by atoms with E-state index >= 15 is 0 Å². The van der Waals surface area contributed by atoms with E-state index in [0.29, 0.717) is 18.3 Å². The zero-order valence-corrected chi connectivity index (χ0v) is 9.27. The van der Waals surface area contributed by atoms with Crippen molar-refractivity contribution in [1.29, 1.82) is 0 Å². The Hall–Kier alpha value is -1.33. The quantitative estimate of drug-likeness (QED) is 0.748. The number of nitrogens with zero attached hydrogens (tertiary/aromatic N) is 1. The molecule has 0 saturated carbocycles. The molecule has 1 aliphatic rings. The van der Waals surface area contributed by atoms with Gasteiger partial charge in [0.15, 0.2) is 5.75 Å². The first-order chi connectivity index (χ1) is 7.66. The first-order valence-electron chi connectivity index (χ1n) is 5.42. The minimum Gasteiger partial charge on any atom is -0.502 e. The lowest BCUT2D eigenvalue weighted by molar-refractivity contribution is 0.152. The molecule has 5 nitrogen and oxygen atoms in total. The lowest BCUT2D eigenvalue weighted by Gasteiger charge is -2.33. The van der Waals surface area contributed by atoms with Crippen molar-refractivity contribution in [2.45, 2.75) is 19.5 Å². The molecule has 5 heteroatoms. The van der Waals surface area contributed by atoms with Crippen LogP contribution in [0.3, 0.4) is 0 Å². The Morgan fingerprint density at radius 1 is 1.69 bits per heavy atom. The van der Waals surface area contributed by atoms with Crippen molar-refractivity contribution in [3.05, 3.63) is 28.3 Å². The molecule has 2 rings (SSSR count). The molecule has 1 aliphatic heterocycles. The third-order valence-corrected chi connectivity index (χ3v) is 2.86. The van der Waals surface area contributed by atoms with Crippen LogP contribution in [0.5, 0.6) is 5.75 Å². The predicted octanol–water partition coefficient (Wildman–Crippen LogP) is 0.139. The molecular weight excluding hydrogens is 208 g/mol. The summed E-state index contributed by atoms with van der Waals surface area (Å²) in [7, 11) is 0. The van der Waals surface area contributed by atoms with Gasteiger partial charge in [0.2, 0.25) is 5.43 Å². The van der Waals surface area contributed by atoms with E-state index in [4.69, 9.17) is 9.52 Å². The summed E-state index contributed by atoms with van der Waals surface area (Å²) in [5.41, 5.74) is -0.385. The number of nitrogens with one attached hydrogen (secondary N) is 1. The van der Waals surface area contributed by atoms with Gasteiger partial charge in [-0.15, -0.1) is 0 Å². The first-order valence-corrected chi connectivity index (χ1v) is 5.42. The standard InChI is InChI=1S/C11H16N2O3/c1-8-5-12-2-3-13(8)6-9-4-10(14)11(15)7-16-9/h4,7-8,12,15H,2-3,5-6H2,1H3/t8-/m1/s1. The van der Waals surface area contributed by atoms with Gasteiger partial charge in [-0.3, -0.25) is 9.69 Å². The molecule has 0 aromatic carbocycles. The van der Waals surface area contributed by atoms with Gasteiger partial charge in [0.05, 0.1) is 6.54 Å². The molecule has 1 aromatic heterocycles. The highest BCUT2D eigenvalue weighted by Crippen LogP contribution is 2.10. The summed E-state index contributed by atoms with van der Waals surface area (Å²) in [5.74, 6) is 0.258. The molecule has 1 atom stereocenters. The lowest BCUT2D eigenvalue weighted by Crippen LogP contribution is -2.49. The number of hydrogen-bond donors (Lipinski definition) is 2. The summed E-state index contributed by atoms with van der Waals surface area (Å²) in [4.78, 5) is 13.5. The average molecular weight is 224 g/mol. The summed E-state index contributed by atoms with van der Waals surface area (Å²) in [5, 5.41) is 12.4. The normalized spacial score (nSPS) is 22.2. The summed E-state index contributed by atoms with van der Waals surface area (Å²) in [6.07, 6.45) is 1.10. The van der Waals surface area contributed by atoms with Gasteiger partial charge in [-0.1, -0.05) is 0 Å². The van der Waals surface area contributed by atoms with Gasteiger partial charge in [-0.05, 0) is 6.92 Å². The van der Waals surface area contributed by atoms with Crippen LogP contribution in [0.2, 0.25) is 0 Å². The first kappa shape index (κ1) is 11.2. The van der Waals surface area contributed by atoms with E-state index < -0.39 is 0 Å². The van der Waals surface area contributed by atoms with Crippen LogP contribution in [0.25, 0.3) is 0 Å². The zero-order valence-electron chi connectivity index (χ0n) is 9.27. The lowest BCUT2D eigenvalue weighted by atomic mass is 10.2. The summed E-state index contributed by atoms with van der Waals surface area (Å²) < 4.78 is 5.18. The second-order valence-electron chi connectivity index (χ2n) is 4.12. The maximum Gasteiger partial charge on any atom is 0.226 e. The fraction of sp³-hybridized carbons (Fsp3) is 0.545. The highest BCUT2D eigenvalue weighted by molar-refractivity contribution is 5.15. The van der Waals surface area contributed by atoms with Gasteiger partial charge in [0.1, 0.15) is 12.0 Å². The molecule has 88 valence electrons. The van der Waals surface area contributed by atoms with E-state index in [1.807, 2.05) is 0 Å². The zero-order chi connectivity index (χ0) is 11.5. The van der Waals surface area contributed by atoms with Gasteiger partial charge in [0, 0.05) is 31.7 Å². The van der Waals surface area contributed by atoms with Crippen molar-refractivity contribution in [3.8, 4) is 5.75 Å². The van der Waals surface area contributed by atoms with E-state index in [-0.39, 0.29) is 11.2 Å². The average Bonchev–Trinajstić information content (AvgIpc) is 2.27. The fourth-order valence-corrected chi connectivity index (χ4v) is 1.84. The molecule has 1 saturated heterocycles. The van der Waals surface area contributed by atoms with E-state index in [1.165, 1.54) is 6.07 Å². The van der Waals surface area contributed by atoms with E-state index in [2.05, 4.69) is 17.1 Å². The summed E-state index contributed by atoms with van der Waals surface area (Å²) in [6.45, 7) is 5.57. The van der Waals surface area contributed by atoms with Crippen LogP contribution in [-0.2, 0) is 6.54 Å². The summed E-state index contributed by atoms with van der Waals surface area (Å²) in [6, 6.07) is 1.78. The fourth-order valence-electron chi connectivity index (χ4n) is 1.84. The Morgan fingerprint density at radius 3 is 3.19 bits per heavy atom. The molecule has 1 fully saturated rings. The van der Waals surface area contributed by atoms with Crippen LogP contribution in [-0.4, -0.2) is 35.7 Å². The minimum absolute atomic E-state index is 0.336. The monoisotopic (exact) mass is 224 g/mol. The molecular formula is C11H16N2O3. The third-order valence-electron chi connectivity index (χ3n) is 2.86. The molecule has 2 heterocycles. The third kappa shape index (κ3) is 2.43. The van der Waals surface area contributed by atoms with Crippen molar-refractivity contribution in [3.63, 3.8) is 0 Å². The minimum atomic E-state index is -0.385. The maximum absolute atomic E-state index is 11.2. The highest BCUT2D eigenvalue weighted by atomic mass is 16.4. The number of rotatable bonds is 2. The van der Waals surface area contributed by atoms with Gasteiger partial charge in [0.25, 0.3) is 0 Å². The number of hydrogen-bond acceptors (Lipinski definition) is 5. The summed E-state index contributed by atoms with van der Waals surface area (Å²) >= 11 is 0. The Bertz CT molecular complexity index is 416. The molecule has 0 radical (unpaired) electrons. The number of aromatic hydroxyl groups is 1. The van der Waals surface area contributed by atoms with Crippen molar-refractivity contribution in [2.24, 2.45) is 0 Å². The van der Waals surface area contributed by atoms with Crippen molar-refractivity contribution in [2.75, 3.05) is 19.6 Å². The largest absolute Gasteiger partial charge is 0.502 e. The van der Waals surface area contributed by atoms with Crippen LogP contribution in [0.1, 0.15) is 12.7 Å². The number of piperazine rings is 1. The van der Waals surface area contributed by atoms with Crippen LogP contribution in [0.15, 0.2) is 21.5 Å². The van der Waals surface area contributed by atoms with Crippen molar-refractivity contribution in [1.82, 2.24) is 10.2 Å². The SMILES string of the molecule is C[C@@H]1CNCCN1Cc1cc(=O)c(O)co1. The Labute approximate surface area is 93.7 Å². The van der Waals surface area contributed by atoms with Crippen LogP contribution < -0.4 is 10.7 Å². The Morgan fingerprint density at radius 2 is 2.50 bits per heavy atom. The van der Waals surface area contributed by atoms with Crippen LogP contribution >= 0.6 is 0 Å². The molecule has 0 spiro atoms. The van der Waals surface area contributed by atoms with Gasteiger partial charge >= 0.3 is 0 Å². The molecule has 0 unspecified atom stereocenters. The molecule has 0 amide bonds. The van der Waals surface area contributed by atoms with Crippen LogP contribution in [0.4, 0.5) is 0 Å². The van der Waals surface area contributed by atoms with E-state index in [1.54, 1.807) is 0 Å². The molecule has 2 N–H and O–H groups in total. The molecule has 0 bridgehead atoms. The highest BCUT2D eigenvalue weighted by Gasteiger charge is 2.18. The predicted molar refractivity (Wildman–Crippen MR) is 59.4 cm³/mol. The van der Waals surface area contributed by atoms with Gasteiger partial charge < -0.3 is 14.8 Å². The van der Waals surface area contributed by atoms with E-state index in [0.717, 1.165) is 25.9 Å². The molecule has 0 aliphatic carbocycles. The Kier molecular flexibility index (Phi) is 3.26. The Balaban J connectivity index is 2.08. The topological polar surface area (TPSA) is 65.7 Å². The van der Waals surface area contributed by atoms with E-state index in [9.17, 15) is 4.79 Å². The second kappa shape index (κ2) is 4.67. The van der Waals surface area contributed by atoms with Crippen LogP contribution in [0, 0.1) is 0 Å². The maximum atomic E-state index is 11.2. The smallest absolute Gasteiger partial charge is 0.226 e. The molecule has 16 heavy (non-hydrogen) atoms. The van der Waals surface area contributed by atoms with Crippen molar-refractivity contribution >= 4 is 0 Å². The van der Waals surface area contributed by atoms with Crippen molar-refractivity contribution < 1.29 is 9.52 Å². The molecule has 1 aromatic rings. The second-order valence-corrected chi connectivity index (χ2v) is 4.12. The van der Waals surface area contributed by atoms with Gasteiger partial charge in [-0.25, -0.2) is 0 Å². The van der Waals surface area contributed by atoms with Gasteiger partial charge in [-0.2, -0.15) is 0 Å².